The average molecular weight is 180 g/mol. The molecule has 0 bridgehead atoms. The van der Waals surface area contributed by atoms with E-state index in [2.05, 4.69) is 32.9 Å². The predicted molar refractivity (Wildman–Crippen MR) is 58.6 cm³/mol. The molecular weight excluding hydrogens is 160 g/mol. The van der Waals surface area contributed by atoms with Crippen LogP contribution < -0.4 is 0 Å². The van der Waals surface area contributed by atoms with Gasteiger partial charge < -0.3 is 5.11 Å². The van der Waals surface area contributed by atoms with Crippen LogP contribution in [0.5, 0.6) is 0 Å². The van der Waals surface area contributed by atoms with Crippen molar-refractivity contribution >= 4 is 0 Å². The fraction of sp³-hybridized carbons (Fsp3) is 0.500. The van der Waals surface area contributed by atoms with Crippen molar-refractivity contribution in [1.29, 1.82) is 0 Å². The van der Waals surface area contributed by atoms with Crippen molar-refractivity contribution in [2.75, 3.05) is 6.61 Å². The highest BCUT2D eigenvalue weighted by molar-refractivity contribution is 5.11. The summed E-state index contributed by atoms with van der Waals surface area (Å²) in [5.41, 5.74) is 2.72. The molecule has 0 aromatic heterocycles. The molecule has 0 aromatic rings. The minimum atomic E-state index is 0.123. The van der Waals surface area contributed by atoms with Crippen molar-refractivity contribution < 1.29 is 5.11 Å². The molecule has 74 valence electrons. The summed E-state index contributed by atoms with van der Waals surface area (Å²) in [6.45, 7) is 6.47. The first-order valence-corrected chi connectivity index (χ1v) is 4.73. The third-order valence-corrected chi connectivity index (χ3v) is 1.71. The van der Waals surface area contributed by atoms with Gasteiger partial charge in [0.15, 0.2) is 0 Å². The lowest BCUT2D eigenvalue weighted by molar-refractivity contribution is 0.343. The lowest BCUT2D eigenvalue weighted by Gasteiger charge is -1.96. The van der Waals surface area contributed by atoms with Gasteiger partial charge in [0.2, 0.25) is 0 Å². The van der Waals surface area contributed by atoms with Crippen LogP contribution in [0.15, 0.2) is 35.5 Å². The summed E-state index contributed by atoms with van der Waals surface area (Å²) >= 11 is 0. The van der Waals surface area contributed by atoms with Gasteiger partial charge in [0.1, 0.15) is 0 Å². The van der Waals surface area contributed by atoms with Crippen molar-refractivity contribution in [3.63, 3.8) is 0 Å². The second-order valence-corrected chi connectivity index (χ2v) is 3.44. The third kappa shape index (κ3) is 9.09. The zero-order valence-electron chi connectivity index (χ0n) is 8.88. The second-order valence-electron chi connectivity index (χ2n) is 3.44. The molecule has 0 aromatic carbocycles. The van der Waals surface area contributed by atoms with Crippen molar-refractivity contribution in [3.05, 3.63) is 35.5 Å². The van der Waals surface area contributed by atoms with Gasteiger partial charge in [0.05, 0.1) is 6.61 Å². The Morgan fingerprint density at radius 2 is 1.92 bits per heavy atom. The van der Waals surface area contributed by atoms with Crippen LogP contribution in [0.1, 0.15) is 33.6 Å². The molecule has 0 atom stereocenters. The molecule has 0 radical (unpaired) electrons. The van der Waals surface area contributed by atoms with E-state index in [1.807, 2.05) is 6.08 Å². The van der Waals surface area contributed by atoms with E-state index in [4.69, 9.17) is 5.11 Å². The second kappa shape index (κ2) is 7.81. The van der Waals surface area contributed by atoms with Gasteiger partial charge in [-0.2, -0.15) is 0 Å². The Bertz CT molecular complexity index is 205. The molecule has 0 spiro atoms. The van der Waals surface area contributed by atoms with Crippen LogP contribution in [-0.2, 0) is 0 Å². The van der Waals surface area contributed by atoms with Crippen LogP contribution in [0.2, 0.25) is 0 Å². The highest BCUT2D eigenvalue weighted by atomic mass is 16.2. The van der Waals surface area contributed by atoms with Gasteiger partial charge in [-0.05, 0) is 33.6 Å². The van der Waals surface area contributed by atoms with Crippen LogP contribution in [0, 0.1) is 0 Å². The van der Waals surface area contributed by atoms with Crippen LogP contribution in [0.25, 0.3) is 0 Å². The molecule has 1 heteroatoms. The molecule has 1 N–H and O–H groups in total. The summed E-state index contributed by atoms with van der Waals surface area (Å²) in [6.07, 6.45) is 10.1. The smallest absolute Gasteiger partial charge is 0.0615 e. The van der Waals surface area contributed by atoms with Crippen molar-refractivity contribution in [2.24, 2.45) is 0 Å². The topological polar surface area (TPSA) is 20.2 Å². The minimum absolute atomic E-state index is 0.123. The molecular formula is C12H20O. The predicted octanol–water partition coefficient (Wildman–Crippen LogP) is 3.23. The zero-order valence-corrected chi connectivity index (χ0v) is 8.88. The van der Waals surface area contributed by atoms with Gasteiger partial charge in [-0.3, -0.25) is 0 Å². The minimum Gasteiger partial charge on any atom is -0.392 e. The summed E-state index contributed by atoms with van der Waals surface area (Å²) < 4.78 is 0. The van der Waals surface area contributed by atoms with Crippen molar-refractivity contribution in [2.45, 2.75) is 33.6 Å². The first-order valence-electron chi connectivity index (χ1n) is 4.73. The number of rotatable bonds is 5. The van der Waals surface area contributed by atoms with E-state index in [9.17, 15) is 0 Å². The standard InChI is InChI=1S/C12H20O/c1-11(2)7-6-9-12(3)8-4-5-10-13/h4-5,7-8,13H,6,9-10H2,1-3H3/b5-4+,12-8+. The Kier molecular flexibility index (Phi) is 7.32. The maximum atomic E-state index is 8.50. The normalized spacial score (nSPS) is 12.2. The molecule has 13 heavy (non-hydrogen) atoms. The first-order chi connectivity index (χ1) is 6.16. The summed E-state index contributed by atoms with van der Waals surface area (Å²) in [5.74, 6) is 0. The van der Waals surface area contributed by atoms with Gasteiger partial charge in [-0.1, -0.05) is 35.5 Å². The fourth-order valence-corrected chi connectivity index (χ4v) is 0.965. The Morgan fingerprint density at radius 1 is 1.23 bits per heavy atom. The molecule has 0 saturated carbocycles. The molecule has 0 saturated heterocycles. The van der Waals surface area contributed by atoms with Crippen molar-refractivity contribution in [1.82, 2.24) is 0 Å². The van der Waals surface area contributed by atoms with Gasteiger partial charge in [-0.15, -0.1) is 0 Å². The van der Waals surface area contributed by atoms with E-state index < -0.39 is 0 Å². The molecule has 0 aliphatic rings. The Hall–Kier alpha value is -0.820. The van der Waals surface area contributed by atoms with E-state index in [0.29, 0.717) is 0 Å². The number of aliphatic hydroxyl groups is 1. The van der Waals surface area contributed by atoms with E-state index >= 15 is 0 Å². The van der Waals surface area contributed by atoms with Crippen LogP contribution >= 0.6 is 0 Å². The maximum Gasteiger partial charge on any atom is 0.0615 e. The molecule has 0 aliphatic carbocycles. The Labute approximate surface area is 81.5 Å². The van der Waals surface area contributed by atoms with Crippen LogP contribution in [0.4, 0.5) is 0 Å². The van der Waals surface area contributed by atoms with Crippen molar-refractivity contribution in [3.8, 4) is 0 Å². The van der Waals surface area contributed by atoms with Gasteiger partial charge >= 0.3 is 0 Å². The highest BCUT2D eigenvalue weighted by Gasteiger charge is 1.86. The van der Waals surface area contributed by atoms with E-state index in [1.54, 1.807) is 6.08 Å². The zero-order chi connectivity index (χ0) is 10.1. The molecule has 0 fully saturated rings. The average Bonchev–Trinajstić information content (AvgIpc) is 2.04. The maximum absolute atomic E-state index is 8.50. The lowest BCUT2D eigenvalue weighted by Crippen LogP contribution is -1.76. The quantitative estimate of drug-likeness (QED) is 0.508. The number of allylic oxidation sites excluding steroid dienone is 5. The summed E-state index contributed by atoms with van der Waals surface area (Å²) in [6, 6.07) is 0. The Balaban J connectivity index is 3.73. The van der Waals surface area contributed by atoms with Crippen LogP contribution in [-0.4, -0.2) is 11.7 Å². The van der Waals surface area contributed by atoms with Gasteiger partial charge in [0.25, 0.3) is 0 Å². The molecule has 0 unspecified atom stereocenters. The number of hydrogen-bond donors (Lipinski definition) is 1. The number of hydrogen-bond acceptors (Lipinski definition) is 1. The summed E-state index contributed by atoms with van der Waals surface area (Å²) in [7, 11) is 0. The molecule has 0 heterocycles. The Morgan fingerprint density at radius 3 is 2.46 bits per heavy atom. The first kappa shape index (κ1) is 12.2. The summed E-state index contributed by atoms with van der Waals surface area (Å²) in [4.78, 5) is 0. The van der Waals surface area contributed by atoms with E-state index in [0.717, 1.165) is 12.8 Å². The lowest BCUT2D eigenvalue weighted by atomic mass is 10.1. The van der Waals surface area contributed by atoms with Gasteiger partial charge in [0, 0.05) is 0 Å². The molecule has 0 rings (SSSR count). The van der Waals surface area contributed by atoms with Crippen LogP contribution in [0.3, 0.4) is 0 Å². The van der Waals surface area contributed by atoms with E-state index in [1.165, 1.54) is 11.1 Å². The third-order valence-electron chi connectivity index (χ3n) is 1.71. The summed E-state index contributed by atoms with van der Waals surface area (Å²) in [5, 5.41) is 8.50. The molecule has 0 amide bonds. The highest BCUT2D eigenvalue weighted by Crippen LogP contribution is 2.06. The molecule has 0 aliphatic heterocycles. The van der Waals surface area contributed by atoms with E-state index in [-0.39, 0.29) is 6.61 Å². The number of aliphatic hydroxyl groups excluding tert-OH is 1. The fourth-order valence-electron chi connectivity index (χ4n) is 0.965. The largest absolute Gasteiger partial charge is 0.392 e. The molecule has 1 nitrogen and oxygen atoms in total. The monoisotopic (exact) mass is 180 g/mol. The SMILES string of the molecule is CC(C)=CCC/C(C)=C/C=C/CO. The van der Waals surface area contributed by atoms with Gasteiger partial charge in [-0.25, -0.2) is 0 Å².